The molecule has 0 aliphatic carbocycles. The second kappa shape index (κ2) is 6.87. The summed E-state index contributed by atoms with van der Waals surface area (Å²) in [6.07, 6.45) is 0. The van der Waals surface area contributed by atoms with E-state index in [0.29, 0.717) is 27.6 Å². The van der Waals surface area contributed by atoms with Gasteiger partial charge < -0.3 is 4.74 Å². The van der Waals surface area contributed by atoms with Gasteiger partial charge in [-0.15, -0.1) is 5.10 Å². The van der Waals surface area contributed by atoms with Gasteiger partial charge in [-0.05, 0) is 35.9 Å². The molecule has 2 aromatic carbocycles. The first-order valence-electron chi connectivity index (χ1n) is 6.75. The summed E-state index contributed by atoms with van der Waals surface area (Å²) in [6.45, 7) is 0.184. The Morgan fingerprint density at radius 2 is 2.04 bits per heavy atom. The van der Waals surface area contributed by atoms with Crippen molar-refractivity contribution in [3.8, 4) is 23.1 Å². The standard InChI is InChI=1S/C16H9Cl2FN4O/c17-11-4-10(16-15(7-20)21-23-22-16)5-12(6-11)24-8-9-1-2-14(19)13(18)3-9/h1-6H,8H2,(H,21,22,23). The lowest BCUT2D eigenvalue weighted by molar-refractivity contribution is 0.306. The van der Waals surface area contributed by atoms with Crippen LogP contribution < -0.4 is 4.74 Å². The maximum atomic E-state index is 13.2. The van der Waals surface area contributed by atoms with Crippen LogP contribution in [0.3, 0.4) is 0 Å². The largest absolute Gasteiger partial charge is 0.489 e. The topological polar surface area (TPSA) is 74.6 Å². The van der Waals surface area contributed by atoms with Gasteiger partial charge >= 0.3 is 0 Å². The molecule has 1 N–H and O–H groups in total. The van der Waals surface area contributed by atoms with Gasteiger partial charge in [0.15, 0.2) is 5.69 Å². The Bertz CT molecular complexity index is 936. The van der Waals surface area contributed by atoms with E-state index in [0.717, 1.165) is 0 Å². The fourth-order valence-electron chi connectivity index (χ4n) is 2.09. The molecule has 0 aliphatic rings. The van der Waals surface area contributed by atoms with Crippen LogP contribution in [-0.4, -0.2) is 15.4 Å². The molecule has 0 saturated heterocycles. The van der Waals surface area contributed by atoms with Crippen LogP contribution in [0.4, 0.5) is 4.39 Å². The molecule has 120 valence electrons. The zero-order chi connectivity index (χ0) is 17.1. The number of aromatic nitrogens is 3. The molecular formula is C16H9Cl2FN4O. The molecule has 0 bridgehead atoms. The highest BCUT2D eigenvalue weighted by molar-refractivity contribution is 6.31. The lowest BCUT2D eigenvalue weighted by Gasteiger charge is -2.09. The number of nitrogens with one attached hydrogen (secondary N) is 1. The first-order chi connectivity index (χ1) is 11.6. The maximum Gasteiger partial charge on any atom is 0.163 e. The van der Waals surface area contributed by atoms with Crippen molar-refractivity contribution >= 4 is 23.2 Å². The van der Waals surface area contributed by atoms with Gasteiger partial charge in [-0.3, -0.25) is 0 Å². The lowest BCUT2D eigenvalue weighted by atomic mass is 10.1. The molecule has 0 amide bonds. The summed E-state index contributed by atoms with van der Waals surface area (Å²) in [4.78, 5) is 0. The Kier molecular flexibility index (Phi) is 4.65. The van der Waals surface area contributed by atoms with Crippen molar-refractivity contribution in [1.82, 2.24) is 15.4 Å². The minimum Gasteiger partial charge on any atom is -0.489 e. The molecule has 1 heterocycles. The lowest BCUT2D eigenvalue weighted by Crippen LogP contribution is -1.96. The summed E-state index contributed by atoms with van der Waals surface area (Å²) in [6, 6.07) is 11.3. The number of nitriles is 1. The second-order valence-electron chi connectivity index (χ2n) is 4.86. The number of hydrogen-bond donors (Lipinski definition) is 1. The summed E-state index contributed by atoms with van der Waals surface area (Å²) in [5.41, 5.74) is 1.92. The normalized spacial score (nSPS) is 10.4. The van der Waals surface area contributed by atoms with Gasteiger partial charge in [-0.25, -0.2) is 9.49 Å². The molecule has 3 rings (SSSR count). The van der Waals surface area contributed by atoms with Gasteiger partial charge in [0, 0.05) is 10.6 Å². The van der Waals surface area contributed by atoms with E-state index in [-0.39, 0.29) is 17.3 Å². The number of aromatic amines is 1. The Balaban J connectivity index is 1.84. The Labute approximate surface area is 146 Å². The minimum absolute atomic E-state index is 0.0316. The summed E-state index contributed by atoms with van der Waals surface area (Å²) < 4.78 is 18.8. The number of ether oxygens (including phenoxy) is 1. The van der Waals surface area contributed by atoms with Crippen molar-refractivity contribution in [2.45, 2.75) is 6.61 Å². The molecule has 5 nitrogen and oxygen atoms in total. The van der Waals surface area contributed by atoms with E-state index in [9.17, 15) is 4.39 Å². The molecule has 3 aromatic rings. The highest BCUT2D eigenvalue weighted by Gasteiger charge is 2.12. The van der Waals surface area contributed by atoms with Crippen molar-refractivity contribution in [2.24, 2.45) is 0 Å². The van der Waals surface area contributed by atoms with Crippen molar-refractivity contribution in [3.63, 3.8) is 0 Å². The third-order valence-corrected chi connectivity index (χ3v) is 3.70. The first kappa shape index (κ1) is 16.2. The highest BCUT2D eigenvalue weighted by atomic mass is 35.5. The SMILES string of the molecule is N#Cc1[nH]nnc1-c1cc(Cl)cc(OCc2ccc(F)c(Cl)c2)c1. The smallest absolute Gasteiger partial charge is 0.163 e. The van der Waals surface area contributed by atoms with Crippen LogP contribution in [0, 0.1) is 17.1 Å². The number of hydrogen-bond acceptors (Lipinski definition) is 4. The fourth-order valence-corrected chi connectivity index (χ4v) is 2.52. The Morgan fingerprint density at radius 1 is 1.21 bits per heavy atom. The Hall–Kier alpha value is -2.62. The quantitative estimate of drug-likeness (QED) is 0.747. The maximum absolute atomic E-state index is 13.2. The van der Waals surface area contributed by atoms with Crippen LogP contribution in [0.5, 0.6) is 5.75 Å². The molecule has 0 spiro atoms. The van der Waals surface area contributed by atoms with E-state index in [2.05, 4.69) is 15.4 Å². The van der Waals surface area contributed by atoms with Gasteiger partial charge in [-0.1, -0.05) is 34.5 Å². The zero-order valence-corrected chi connectivity index (χ0v) is 13.6. The predicted molar refractivity (Wildman–Crippen MR) is 87.3 cm³/mol. The van der Waals surface area contributed by atoms with Crippen LogP contribution in [0.2, 0.25) is 10.0 Å². The van der Waals surface area contributed by atoms with E-state index in [1.807, 2.05) is 6.07 Å². The van der Waals surface area contributed by atoms with Crippen LogP contribution >= 0.6 is 23.2 Å². The molecule has 0 saturated carbocycles. The van der Waals surface area contributed by atoms with Crippen LogP contribution in [0.15, 0.2) is 36.4 Å². The number of benzene rings is 2. The molecule has 24 heavy (non-hydrogen) atoms. The molecule has 0 aliphatic heterocycles. The molecule has 0 atom stereocenters. The highest BCUT2D eigenvalue weighted by Crippen LogP contribution is 2.29. The van der Waals surface area contributed by atoms with Crippen molar-refractivity contribution in [1.29, 1.82) is 5.26 Å². The fraction of sp³-hybridized carbons (Fsp3) is 0.0625. The summed E-state index contributed by atoms with van der Waals surface area (Å²) >= 11 is 11.8. The Morgan fingerprint density at radius 3 is 2.79 bits per heavy atom. The molecular weight excluding hydrogens is 354 g/mol. The molecule has 8 heteroatoms. The van der Waals surface area contributed by atoms with E-state index >= 15 is 0 Å². The number of nitrogens with zero attached hydrogens (tertiary/aromatic N) is 3. The summed E-state index contributed by atoms with van der Waals surface area (Å²) in [7, 11) is 0. The van der Waals surface area contributed by atoms with E-state index in [1.54, 1.807) is 24.3 Å². The van der Waals surface area contributed by atoms with E-state index < -0.39 is 5.82 Å². The van der Waals surface area contributed by atoms with Crippen LogP contribution in [0.25, 0.3) is 11.3 Å². The monoisotopic (exact) mass is 362 g/mol. The first-order valence-corrected chi connectivity index (χ1v) is 7.51. The van der Waals surface area contributed by atoms with Crippen LogP contribution in [-0.2, 0) is 6.61 Å². The molecule has 0 fully saturated rings. The second-order valence-corrected chi connectivity index (χ2v) is 5.70. The number of rotatable bonds is 4. The average Bonchev–Trinajstić information content (AvgIpc) is 3.04. The molecule has 0 radical (unpaired) electrons. The van der Waals surface area contributed by atoms with Gasteiger partial charge in [-0.2, -0.15) is 5.26 Å². The van der Waals surface area contributed by atoms with Crippen molar-refractivity contribution < 1.29 is 9.13 Å². The summed E-state index contributed by atoms with van der Waals surface area (Å²) in [5.74, 6) is -0.00893. The van der Waals surface area contributed by atoms with E-state index in [1.165, 1.54) is 12.1 Å². The summed E-state index contributed by atoms with van der Waals surface area (Å²) in [5, 5.41) is 19.5. The van der Waals surface area contributed by atoms with Crippen molar-refractivity contribution in [3.05, 3.63) is 63.5 Å². The zero-order valence-electron chi connectivity index (χ0n) is 12.1. The average molecular weight is 363 g/mol. The number of halogens is 3. The minimum atomic E-state index is -0.486. The van der Waals surface area contributed by atoms with Gasteiger partial charge in [0.1, 0.15) is 29.9 Å². The number of H-pyrrole nitrogens is 1. The van der Waals surface area contributed by atoms with Gasteiger partial charge in [0.25, 0.3) is 0 Å². The van der Waals surface area contributed by atoms with Gasteiger partial charge in [0.2, 0.25) is 0 Å². The third kappa shape index (κ3) is 3.48. The molecule has 1 aromatic heterocycles. The van der Waals surface area contributed by atoms with Crippen LogP contribution in [0.1, 0.15) is 11.3 Å². The predicted octanol–water partition coefficient (Wildman–Crippen LogP) is 4.37. The third-order valence-electron chi connectivity index (χ3n) is 3.19. The van der Waals surface area contributed by atoms with Crippen molar-refractivity contribution in [2.75, 3.05) is 0 Å². The molecule has 0 unspecified atom stereocenters. The van der Waals surface area contributed by atoms with Gasteiger partial charge in [0.05, 0.1) is 5.02 Å². The van der Waals surface area contributed by atoms with E-state index in [4.69, 9.17) is 33.2 Å².